The van der Waals surface area contributed by atoms with E-state index in [1.807, 2.05) is 0 Å². The number of hydrogen-bond donors (Lipinski definition) is 0. The summed E-state index contributed by atoms with van der Waals surface area (Å²) in [6.45, 7) is 9.89. The average molecular weight is 316 g/mol. The van der Waals surface area contributed by atoms with E-state index in [1.165, 1.54) is 44.9 Å². The first-order valence-electron chi connectivity index (χ1n) is 8.21. The van der Waals surface area contributed by atoms with Gasteiger partial charge in [-0.25, -0.2) is 9.79 Å². The Bertz CT molecular complexity index is 274. The predicted octanol–water partition coefficient (Wildman–Crippen LogP) is 3.84. The molecule has 0 saturated carbocycles. The predicted molar refractivity (Wildman–Crippen MR) is 92.6 cm³/mol. The van der Waals surface area contributed by atoms with E-state index in [0.717, 1.165) is 6.42 Å². The highest BCUT2D eigenvalue weighted by Gasteiger charge is 2.19. The molecule has 0 aliphatic heterocycles. The highest BCUT2D eigenvalue weighted by atomic mass is 28.4. The van der Waals surface area contributed by atoms with Gasteiger partial charge in [0.25, 0.3) is 0 Å². The highest BCUT2D eigenvalue weighted by Crippen LogP contribution is 2.14. The number of hydrogen-bond acceptors (Lipinski definition) is 3. The van der Waals surface area contributed by atoms with Crippen LogP contribution in [0.5, 0.6) is 0 Å². The fourth-order valence-electron chi connectivity index (χ4n) is 2.34. The van der Waals surface area contributed by atoms with Crippen LogP contribution in [0.2, 0.25) is 26.2 Å². The third kappa shape index (κ3) is 14.2. The van der Waals surface area contributed by atoms with Crippen LogP contribution in [0.4, 0.5) is 0 Å². The molecule has 0 saturated heterocycles. The molecule has 0 aliphatic carbocycles. The molecule has 1 atom stereocenters. The smallest absolute Gasteiger partial charge is 0.234 e. The number of isocyanates is 1. The lowest BCUT2D eigenvalue weighted by molar-refractivity contribution is 0.254. The standard InChI is InChI=1S/C15H33NO2Si2/c1-19-15(18-20(2,3)4)12-10-8-6-5-7-9-11-13-16-14-17/h15H,5-13,19H2,1-4H3. The maximum absolute atomic E-state index is 9.88. The molecule has 0 radical (unpaired) electrons. The van der Waals surface area contributed by atoms with Gasteiger partial charge in [-0.05, 0) is 32.5 Å². The van der Waals surface area contributed by atoms with E-state index in [9.17, 15) is 4.79 Å². The van der Waals surface area contributed by atoms with Crippen LogP contribution in [0.15, 0.2) is 4.99 Å². The van der Waals surface area contributed by atoms with Gasteiger partial charge in [0.05, 0.1) is 16.1 Å². The molecule has 0 bridgehead atoms. The maximum Gasteiger partial charge on any atom is 0.234 e. The summed E-state index contributed by atoms with van der Waals surface area (Å²) in [5, 5.41) is 0. The number of unbranched alkanes of at least 4 members (excludes halogenated alkanes) is 6. The lowest BCUT2D eigenvalue weighted by Crippen LogP contribution is -2.34. The van der Waals surface area contributed by atoms with E-state index in [1.54, 1.807) is 6.08 Å². The summed E-state index contributed by atoms with van der Waals surface area (Å²) >= 11 is 0. The summed E-state index contributed by atoms with van der Waals surface area (Å²) in [7, 11) is -1.38. The number of carbonyl (C=O) groups excluding carboxylic acids is 1. The molecule has 0 spiro atoms. The molecule has 5 heteroatoms. The zero-order valence-corrected chi connectivity index (χ0v) is 16.3. The van der Waals surface area contributed by atoms with Gasteiger partial charge in [-0.1, -0.05) is 45.1 Å². The molecule has 0 amide bonds. The molecule has 0 aromatic carbocycles. The molecule has 0 aromatic heterocycles. The molecule has 118 valence electrons. The zero-order chi connectivity index (χ0) is 15.3. The summed E-state index contributed by atoms with van der Waals surface area (Å²) in [4.78, 5) is 13.4. The van der Waals surface area contributed by atoms with Crippen LogP contribution in [0, 0.1) is 0 Å². The van der Waals surface area contributed by atoms with Crippen molar-refractivity contribution in [2.75, 3.05) is 6.54 Å². The molecule has 20 heavy (non-hydrogen) atoms. The third-order valence-corrected chi connectivity index (χ3v) is 6.20. The van der Waals surface area contributed by atoms with E-state index in [0.29, 0.717) is 12.3 Å². The van der Waals surface area contributed by atoms with Gasteiger partial charge < -0.3 is 4.43 Å². The van der Waals surface area contributed by atoms with Gasteiger partial charge in [-0.3, -0.25) is 0 Å². The van der Waals surface area contributed by atoms with Crippen LogP contribution in [-0.4, -0.2) is 36.2 Å². The van der Waals surface area contributed by atoms with Crippen LogP contribution in [0.3, 0.4) is 0 Å². The van der Waals surface area contributed by atoms with Crippen LogP contribution in [-0.2, 0) is 9.22 Å². The van der Waals surface area contributed by atoms with Crippen molar-refractivity contribution in [1.29, 1.82) is 0 Å². The number of nitrogens with zero attached hydrogens (tertiary/aromatic N) is 1. The largest absolute Gasteiger partial charge is 0.418 e. The monoisotopic (exact) mass is 315 g/mol. The Morgan fingerprint density at radius 1 is 1.05 bits per heavy atom. The van der Waals surface area contributed by atoms with Crippen molar-refractivity contribution in [1.82, 2.24) is 0 Å². The van der Waals surface area contributed by atoms with Crippen LogP contribution >= 0.6 is 0 Å². The number of aliphatic imine (C=N–C) groups is 1. The summed E-state index contributed by atoms with van der Waals surface area (Å²) in [5.41, 5.74) is 0.614. The SMILES string of the molecule is C[SiH2]C(CCCCCCCCCN=C=O)O[Si](C)(C)C. The van der Waals surface area contributed by atoms with Gasteiger partial charge in [0, 0.05) is 5.73 Å². The van der Waals surface area contributed by atoms with Gasteiger partial charge in [-0.15, -0.1) is 0 Å². The van der Waals surface area contributed by atoms with Crippen LogP contribution in [0.25, 0.3) is 0 Å². The molecular formula is C15H33NO2Si2. The van der Waals surface area contributed by atoms with Crippen molar-refractivity contribution in [3.05, 3.63) is 0 Å². The van der Waals surface area contributed by atoms with Crippen molar-refractivity contribution >= 4 is 23.9 Å². The normalized spacial score (nSPS) is 13.6. The minimum absolute atomic E-state index is 0.0372. The highest BCUT2D eigenvalue weighted by molar-refractivity contribution is 6.70. The molecule has 0 aliphatic rings. The summed E-state index contributed by atoms with van der Waals surface area (Å²) < 4.78 is 6.23. The van der Waals surface area contributed by atoms with E-state index in [-0.39, 0.29) is 9.52 Å². The van der Waals surface area contributed by atoms with E-state index < -0.39 is 8.32 Å². The summed E-state index contributed by atoms with van der Waals surface area (Å²) in [5.74, 6) is 0. The van der Waals surface area contributed by atoms with E-state index in [4.69, 9.17) is 4.43 Å². The van der Waals surface area contributed by atoms with Gasteiger partial charge in [0.2, 0.25) is 6.08 Å². The fraction of sp³-hybridized carbons (Fsp3) is 0.933. The molecule has 0 N–H and O–H groups in total. The minimum atomic E-state index is -1.34. The second kappa shape index (κ2) is 12.5. The molecule has 0 rings (SSSR count). The Balaban J connectivity index is 3.39. The Kier molecular flexibility index (Phi) is 12.4. The van der Waals surface area contributed by atoms with Gasteiger partial charge in [-0.2, -0.15) is 0 Å². The second-order valence-corrected chi connectivity index (χ2v) is 12.7. The molecule has 0 fully saturated rings. The van der Waals surface area contributed by atoms with Crippen molar-refractivity contribution < 1.29 is 9.22 Å². The van der Waals surface area contributed by atoms with Crippen molar-refractivity contribution in [2.24, 2.45) is 4.99 Å². The van der Waals surface area contributed by atoms with Gasteiger partial charge >= 0.3 is 0 Å². The molecule has 1 unspecified atom stereocenters. The molecule has 0 heterocycles. The Morgan fingerprint density at radius 3 is 2.10 bits per heavy atom. The lowest BCUT2D eigenvalue weighted by atomic mass is 10.1. The van der Waals surface area contributed by atoms with Gasteiger partial charge in [0.1, 0.15) is 0 Å². The Hall–Kier alpha value is -0.226. The number of rotatable bonds is 13. The Morgan fingerprint density at radius 2 is 1.60 bits per heavy atom. The second-order valence-electron chi connectivity index (χ2n) is 6.50. The van der Waals surface area contributed by atoms with Crippen molar-refractivity contribution in [3.8, 4) is 0 Å². The van der Waals surface area contributed by atoms with Gasteiger partial charge in [0.15, 0.2) is 8.32 Å². The van der Waals surface area contributed by atoms with Crippen molar-refractivity contribution in [3.63, 3.8) is 0 Å². The van der Waals surface area contributed by atoms with Crippen LogP contribution in [0.1, 0.15) is 51.4 Å². The molecule has 3 nitrogen and oxygen atoms in total. The first-order valence-corrected chi connectivity index (χ1v) is 13.8. The molecule has 0 aromatic rings. The average Bonchev–Trinajstić information content (AvgIpc) is 2.38. The topological polar surface area (TPSA) is 38.7 Å². The minimum Gasteiger partial charge on any atom is -0.418 e. The van der Waals surface area contributed by atoms with Crippen LogP contribution < -0.4 is 0 Å². The first kappa shape index (κ1) is 19.8. The quantitative estimate of drug-likeness (QED) is 0.224. The van der Waals surface area contributed by atoms with Crippen molar-refractivity contribution in [2.45, 2.75) is 83.3 Å². The maximum atomic E-state index is 9.88. The fourth-order valence-corrected chi connectivity index (χ4v) is 6.32. The summed E-state index contributed by atoms with van der Waals surface area (Å²) in [6, 6.07) is 0. The first-order chi connectivity index (χ1) is 9.49. The zero-order valence-electron chi connectivity index (χ0n) is 13.9. The summed E-state index contributed by atoms with van der Waals surface area (Å²) in [6.07, 6.45) is 11.7. The van der Waals surface area contributed by atoms with E-state index in [2.05, 4.69) is 31.2 Å². The molecular weight excluding hydrogens is 282 g/mol. The Labute approximate surface area is 128 Å². The third-order valence-electron chi connectivity index (χ3n) is 3.34. The van der Waals surface area contributed by atoms with E-state index >= 15 is 0 Å². The lowest BCUT2D eigenvalue weighted by Gasteiger charge is -2.25.